The van der Waals surface area contributed by atoms with E-state index in [4.69, 9.17) is 8.83 Å². The number of para-hydroxylation sites is 1. The topological polar surface area (TPSA) is 68.3 Å². The molecule has 0 bridgehead atoms. The zero-order valence-corrected chi connectivity index (χ0v) is 15.6. The lowest BCUT2D eigenvalue weighted by Crippen LogP contribution is -2.12. The molecular formula is C24H18N2O3. The number of fused-ring (bicyclic) bond motifs is 3. The van der Waals surface area contributed by atoms with Crippen molar-refractivity contribution in [2.75, 3.05) is 5.32 Å². The standard InChI is InChI=1S/C24H18N2O3/c27-23(12-13-24-25-15-22(29-24)16-6-2-1-3-7-16)26-17-10-11-21-19(14-17)18-8-4-5-9-20(18)28-21/h1-11,14-15H,12-13H2,(H,26,27). The van der Waals surface area contributed by atoms with Gasteiger partial charge < -0.3 is 14.2 Å². The number of nitrogens with one attached hydrogen (secondary N) is 1. The number of furan rings is 1. The lowest BCUT2D eigenvalue weighted by Gasteiger charge is -2.04. The lowest BCUT2D eigenvalue weighted by molar-refractivity contribution is -0.116. The third-order valence-electron chi connectivity index (χ3n) is 4.84. The maximum Gasteiger partial charge on any atom is 0.224 e. The Hall–Kier alpha value is -3.86. The Bertz CT molecular complexity index is 1300. The number of amides is 1. The van der Waals surface area contributed by atoms with Crippen LogP contribution in [0.15, 0.2) is 87.8 Å². The van der Waals surface area contributed by atoms with Crippen LogP contribution in [0, 0.1) is 0 Å². The van der Waals surface area contributed by atoms with E-state index in [0.717, 1.165) is 33.2 Å². The zero-order valence-electron chi connectivity index (χ0n) is 15.6. The molecule has 5 heteroatoms. The molecule has 2 heterocycles. The minimum Gasteiger partial charge on any atom is -0.456 e. The van der Waals surface area contributed by atoms with Crippen molar-refractivity contribution in [2.45, 2.75) is 12.8 Å². The minimum absolute atomic E-state index is 0.0865. The second-order valence-electron chi connectivity index (χ2n) is 6.84. The number of aromatic nitrogens is 1. The van der Waals surface area contributed by atoms with Gasteiger partial charge in [0.2, 0.25) is 5.91 Å². The van der Waals surface area contributed by atoms with Crippen molar-refractivity contribution in [1.82, 2.24) is 4.98 Å². The van der Waals surface area contributed by atoms with Gasteiger partial charge in [0.25, 0.3) is 0 Å². The second-order valence-corrected chi connectivity index (χ2v) is 6.84. The van der Waals surface area contributed by atoms with Gasteiger partial charge in [-0.25, -0.2) is 4.98 Å². The number of oxazole rings is 1. The average Bonchev–Trinajstić information content (AvgIpc) is 3.37. The first kappa shape index (κ1) is 17.3. The molecule has 0 fully saturated rings. The fraction of sp³-hybridized carbons (Fsp3) is 0.0833. The molecule has 0 aliphatic rings. The van der Waals surface area contributed by atoms with E-state index in [9.17, 15) is 4.79 Å². The Kier molecular flexibility index (Phi) is 4.33. The van der Waals surface area contributed by atoms with Crippen LogP contribution in [0.3, 0.4) is 0 Å². The number of carbonyl (C=O) groups is 1. The molecule has 5 nitrogen and oxygen atoms in total. The lowest BCUT2D eigenvalue weighted by atomic mass is 10.1. The van der Waals surface area contributed by atoms with Gasteiger partial charge >= 0.3 is 0 Å². The predicted molar refractivity (Wildman–Crippen MR) is 113 cm³/mol. The van der Waals surface area contributed by atoms with Crippen LogP contribution in [0.25, 0.3) is 33.3 Å². The van der Waals surface area contributed by atoms with Crippen LogP contribution in [0.2, 0.25) is 0 Å². The number of carbonyl (C=O) groups excluding carboxylic acids is 1. The van der Waals surface area contributed by atoms with E-state index in [-0.39, 0.29) is 5.91 Å². The summed E-state index contributed by atoms with van der Waals surface area (Å²) in [4.78, 5) is 16.7. The molecule has 0 unspecified atom stereocenters. The second kappa shape index (κ2) is 7.28. The Morgan fingerprint density at radius 1 is 0.862 bits per heavy atom. The van der Waals surface area contributed by atoms with Gasteiger partial charge in [-0.1, -0.05) is 48.5 Å². The number of rotatable bonds is 5. The highest BCUT2D eigenvalue weighted by Gasteiger charge is 2.11. The van der Waals surface area contributed by atoms with Crippen LogP contribution in [0.5, 0.6) is 0 Å². The Labute approximate surface area is 167 Å². The molecule has 142 valence electrons. The molecule has 0 saturated heterocycles. The molecule has 0 spiro atoms. The van der Waals surface area contributed by atoms with E-state index in [0.29, 0.717) is 24.5 Å². The quantitative estimate of drug-likeness (QED) is 0.416. The molecule has 2 aromatic heterocycles. The van der Waals surface area contributed by atoms with Crippen molar-refractivity contribution >= 4 is 33.5 Å². The SMILES string of the molecule is O=C(CCc1ncc(-c2ccccc2)o1)Nc1ccc2oc3ccccc3c2c1. The van der Waals surface area contributed by atoms with Gasteiger partial charge in [0.15, 0.2) is 11.7 Å². The molecule has 3 aromatic carbocycles. The number of aryl methyl sites for hydroxylation is 1. The molecule has 5 aromatic rings. The maximum atomic E-state index is 12.4. The smallest absolute Gasteiger partial charge is 0.224 e. The van der Waals surface area contributed by atoms with E-state index in [1.54, 1.807) is 6.20 Å². The summed E-state index contributed by atoms with van der Waals surface area (Å²) in [5.41, 5.74) is 3.35. The summed E-state index contributed by atoms with van der Waals surface area (Å²) in [6.45, 7) is 0. The molecule has 0 radical (unpaired) electrons. The summed E-state index contributed by atoms with van der Waals surface area (Å²) < 4.78 is 11.6. The molecular weight excluding hydrogens is 364 g/mol. The molecule has 1 amide bonds. The summed E-state index contributed by atoms with van der Waals surface area (Å²) in [7, 11) is 0. The van der Waals surface area contributed by atoms with Gasteiger partial charge in [-0.15, -0.1) is 0 Å². The first-order valence-electron chi connectivity index (χ1n) is 9.47. The monoisotopic (exact) mass is 382 g/mol. The average molecular weight is 382 g/mol. The van der Waals surface area contributed by atoms with Gasteiger partial charge in [-0.05, 0) is 24.3 Å². The highest BCUT2D eigenvalue weighted by Crippen LogP contribution is 2.30. The van der Waals surface area contributed by atoms with E-state index in [1.807, 2.05) is 72.8 Å². The number of benzene rings is 3. The molecule has 0 atom stereocenters. The number of hydrogen-bond acceptors (Lipinski definition) is 4. The van der Waals surface area contributed by atoms with Gasteiger partial charge in [0, 0.05) is 34.9 Å². The molecule has 5 rings (SSSR count). The summed E-state index contributed by atoms with van der Waals surface area (Å²) in [5, 5.41) is 4.97. The van der Waals surface area contributed by atoms with Crippen molar-refractivity contribution in [1.29, 1.82) is 0 Å². The summed E-state index contributed by atoms with van der Waals surface area (Å²) in [5.74, 6) is 1.17. The fourth-order valence-electron chi connectivity index (χ4n) is 3.41. The Balaban J connectivity index is 1.26. The molecule has 29 heavy (non-hydrogen) atoms. The first-order valence-corrected chi connectivity index (χ1v) is 9.47. The van der Waals surface area contributed by atoms with Crippen molar-refractivity contribution in [2.24, 2.45) is 0 Å². The van der Waals surface area contributed by atoms with E-state index >= 15 is 0 Å². The number of anilines is 1. The molecule has 0 saturated carbocycles. The highest BCUT2D eigenvalue weighted by molar-refractivity contribution is 6.06. The van der Waals surface area contributed by atoms with E-state index < -0.39 is 0 Å². The Morgan fingerprint density at radius 3 is 2.55 bits per heavy atom. The summed E-state index contributed by atoms with van der Waals surface area (Å²) in [6.07, 6.45) is 2.43. The minimum atomic E-state index is -0.0865. The normalized spacial score (nSPS) is 11.2. The van der Waals surface area contributed by atoms with Crippen molar-refractivity contribution < 1.29 is 13.6 Å². The third-order valence-corrected chi connectivity index (χ3v) is 4.84. The number of nitrogens with zero attached hydrogens (tertiary/aromatic N) is 1. The van der Waals surface area contributed by atoms with E-state index in [1.165, 1.54) is 0 Å². The third kappa shape index (κ3) is 3.50. The number of hydrogen-bond donors (Lipinski definition) is 1. The summed E-state index contributed by atoms with van der Waals surface area (Å²) >= 11 is 0. The molecule has 0 aliphatic carbocycles. The maximum absolute atomic E-state index is 12.4. The Morgan fingerprint density at radius 2 is 1.66 bits per heavy atom. The first-order chi connectivity index (χ1) is 14.3. The van der Waals surface area contributed by atoms with Crippen LogP contribution in [0.1, 0.15) is 12.3 Å². The highest BCUT2D eigenvalue weighted by atomic mass is 16.4. The van der Waals surface area contributed by atoms with Crippen LogP contribution < -0.4 is 5.32 Å². The van der Waals surface area contributed by atoms with Crippen molar-refractivity contribution in [3.05, 3.63) is 84.9 Å². The predicted octanol–water partition coefficient (Wildman–Crippen LogP) is 5.81. The fourth-order valence-corrected chi connectivity index (χ4v) is 3.41. The van der Waals surface area contributed by atoms with Crippen LogP contribution in [0.4, 0.5) is 5.69 Å². The van der Waals surface area contributed by atoms with Gasteiger partial charge in [-0.3, -0.25) is 4.79 Å². The largest absolute Gasteiger partial charge is 0.456 e. The molecule has 0 aliphatic heterocycles. The zero-order chi connectivity index (χ0) is 19.6. The van der Waals surface area contributed by atoms with Gasteiger partial charge in [0.05, 0.1) is 6.20 Å². The van der Waals surface area contributed by atoms with Crippen LogP contribution in [-0.4, -0.2) is 10.9 Å². The van der Waals surface area contributed by atoms with Gasteiger partial charge in [0.1, 0.15) is 11.2 Å². The molecule has 1 N–H and O–H groups in total. The van der Waals surface area contributed by atoms with Crippen LogP contribution >= 0.6 is 0 Å². The summed E-state index contributed by atoms with van der Waals surface area (Å²) in [6, 6.07) is 23.3. The van der Waals surface area contributed by atoms with Crippen LogP contribution in [-0.2, 0) is 11.2 Å². The van der Waals surface area contributed by atoms with Crippen molar-refractivity contribution in [3.63, 3.8) is 0 Å². The van der Waals surface area contributed by atoms with Crippen molar-refractivity contribution in [3.8, 4) is 11.3 Å². The van der Waals surface area contributed by atoms with E-state index in [2.05, 4.69) is 10.3 Å². The van der Waals surface area contributed by atoms with Gasteiger partial charge in [-0.2, -0.15) is 0 Å².